The molecule has 0 spiro atoms. The fourth-order valence-corrected chi connectivity index (χ4v) is 2.42. The Labute approximate surface area is 110 Å². The van der Waals surface area contributed by atoms with Crippen LogP contribution in [0.2, 0.25) is 0 Å². The highest BCUT2D eigenvalue weighted by molar-refractivity contribution is 7.98. The fraction of sp³-hybridized carbons (Fsp3) is 0.143. The molecule has 0 saturated carbocycles. The van der Waals surface area contributed by atoms with E-state index in [-0.39, 0.29) is 5.82 Å². The third-order valence-electron chi connectivity index (χ3n) is 2.48. The molecule has 0 saturated heterocycles. The number of benzene rings is 2. The van der Waals surface area contributed by atoms with Crippen molar-refractivity contribution in [1.29, 1.82) is 0 Å². The molecule has 0 aromatic heterocycles. The van der Waals surface area contributed by atoms with Crippen molar-refractivity contribution in [3.05, 3.63) is 53.8 Å². The van der Waals surface area contributed by atoms with Gasteiger partial charge >= 0.3 is 0 Å². The lowest BCUT2D eigenvalue weighted by Crippen LogP contribution is -1.89. The highest BCUT2D eigenvalue weighted by atomic mass is 32.2. The molecule has 0 aliphatic heterocycles. The van der Waals surface area contributed by atoms with Gasteiger partial charge in [0, 0.05) is 16.3 Å². The first-order valence-corrected chi connectivity index (χ1v) is 6.48. The number of nitrogens with two attached hydrogens (primary N) is 1. The van der Waals surface area contributed by atoms with Crippen LogP contribution in [0.5, 0.6) is 5.75 Å². The second-order valence-corrected chi connectivity index (χ2v) is 4.85. The van der Waals surface area contributed by atoms with E-state index in [4.69, 9.17) is 10.5 Å². The molecule has 0 fully saturated rings. The van der Waals surface area contributed by atoms with Crippen LogP contribution in [0, 0.1) is 5.82 Å². The Morgan fingerprint density at radius 3 is 2.78 bits per heavy atom. The molecule has 0 aliphatic rings. The summed E-state index contributed by atoms with van der Waals surface area (Å²) in [4.78, 5) is 0.604. The maximum atomic E-state index is 13.6. The van der Waals surface area contributed by atoms with Gasteiger partial charge in [-0.15, -0.1) is 11.8 Å². The van der Waals surface area contributed by atoms with Gasteiger partial charge in [0.2, 0.25) is 0 Å². The van der Waals surface area contributed by atoms with Gasteiger partial charge in [0.1, 0.15) is 11.6 Å². The molecule has 0 unspecified atom stereocenters. The molecule has 2 nitrogen and oxygen atoms in total. The summed E-state index contributed by atoms with van der Waals surface area (Å²) in [7, 11) is 1.63. The number of nitrogen functional groups attached to an aromatic ring is 1. The summed E-state index contributed by atoms with van der Waals surface area (Å²) in [5.74, 6) is 1.23. The quantitative estimate of drug-likeness (QED) is 0.674. The normalized spacial score (nSPS) is 10.3. The maximum Gasteiger partial charge on any atom is 0.138 e. The van der Waals surface area contributed by atoms with Crippen molar-refractivity contribution in [3.8, 4) is 5.75 Å². The standard InChI is InChI=1S/C14H14FNOS/c1-17-12-4-2-3-10(7-12)9-18-14-6-5-11(16)8-13(14)15/h2-8H,9,16H2,1H3. The Balaban J connectivity index is 2.06. The minimum Gasteiger partial charge on any atom is -0.497 e. The van der Waals surface area contributed by atoms with Crippen molar-refractivity contribution < 1.29 is 9.13 Å². The van der Waals surface area contributed by atoms with Crippen LogP contribution in [-0.4, -0.2) is 7.11 Å². The highest BCUT2D eigenvalue weighted by Crippen LogP contribution is 2.27. The van der Waals surface area contributed by atoms with E-state index in [0.29, 0.717) is 16.3 Å². The first-order chi connectivity index (χ1) is 8.69. The van der Waals surface area contributed by atoms with Crippen molar-refractivity contribution in [1.82, 2.24) is 0 Å². The van der Waals surface area contributed by atoms with Crippen molar-refractivity contribution in [3.63, 3.8) is 0 Å². The maximum absolute atomic E-state index is 13.6. The number of methoxy groups -OCH3 is 1. The summed E-state index contributed by atoms with van der Waals surface area (Å²) in [6.07, 6.45) is 0. The molecule has 94 valence electrons. The van der Waals surface area contributed by atoms with E-state index in [2.05, 4.69) is 0 Å². The van der Waals surface area contributed by atoms with Crippen molar-refractivity contribution >= 4 is 17.4 Å². The van der Waals surface area contributed by atoms with Gasteiger partial charge in [0.15, 0.2) is 0 Å². The van der Waals surface area contributed by atoms with E-state index in [0.717, 1.165) is 11.3 Å². The topological polar surface area (TPSA) is 35.2 Å². The number of ether oxygens (including phenoxy) is 1. The third kappa shape index (κ3) is 3.17. The Bertz CT molecular complexity index is 545. The van der Waals surface area contributed by atoms with Gasteiger partial charge in [-0.05, 0) is 35.9 Å². The monoisotopic (exact) mass is 263 g/mol. The van der Waals surface area contributed by atoms with Gasteiger partial charge in [0.05, 0.1) is 7.11 Å². The zero-order chi connectivity index (χ0) is 13.0. The van der Waals surface area contributed by atoms with Gasteiger partial charge in [-0.25, -0.2) is 4.39 Å². The van der Waals surface area contributed by atoms with Crippen molar-refractivity contribution in [2.75, 3.05) is 12.8 Å². The van der Waals surface area contributed by atoms with Crippen LogP contribution < -0.4 is 10.5 Å². The number of rotatable bonds is 4. The molecule has 2 aromatic carbocycles. The van der Waals surface area contributed by atoms with E-state index in [1.807, 2.05) is 24.3 Å². The van der Waals surface area contributed by atoms with Gasteiger partial charge < -0.3 is 10.5 Å². The molecule has 2 N–H and O–H groups in total. The SMILES string of the molecule is COc1cccc(CSc2ccc(N)cc2F)c1. The predicted octanol–water partition coefficient (Wildman–Crippen LogP) is 3.71. The molecule has 0 atom stereocenters. The van der Waals surface area contributed by atoms with Gasteiger partial charge in [0.25, 0.3) is 0 Å². The summed E-state index contributed by atoms with van der Waals surface area (Å²) in [6, 6.07) is 12.5. The lowest BCUT2D eigenvalue weighted by Gasteiger charge is -2.06. The second-order valence-electron chi connectivity index (χ2n) is 3.83. The number of anilines is 1. The molecule has 4 heteroatoms. The summed E-state index contributed by atoms with van der Waals surface area (Å²) >= 11 is 1.44. The number of hydrogen-bond acceptors (Lipinski definition) is 3. The molecule has 0 heterocycles. The smallest absolute Gasteiger partial charge is 0.138 e. The van der Waals surface area contributed by atoms with E-state index < -0.39 is 0 Å². The number of thioether (sulfide) groups is 1. The second kappa shape index (κ2) is 5.78. The largest absolute Gasteiger partial charge is 0.497 e. The van der Waals surface area contributed by atoms with E-state index in [1.54, 1.807) is 19.2 Å². The van der Waals surface area contributed by atoms with Crippen LogP contribution in [0.4, 0.5) is 10.1 Å². The average Bonchev–Trinajstić information content (AvgIpc) is 2.38. The molecule has 18 heavy (non-hydrogen) atoms. The Morgan fingerprint density at radius 1 is 1.22 bits per heavy atom. The van der Waals surface area contributed by atoms with Crippen LogP contribution in [0.15, 0.2) is 47.4 Å². The van der Waals surface area contributed by atoms with Gasteiger partial charge in [-0.2, -0.15) is 0 Å². The molecule has 0 radical (unpaired) electrons. The van der Waals surface area contributed by atoms with Crippen LogP contribution >= 0.6 is 11.8 Å². The lowest BCUT2D eigenvalue weighted by molar-refractivity contribution is 0.414. The average molecular weight is 263 g/mol. The molecular formula is C14H14FNOS. The number of hydrogen-bond donors (Lipinski definition) is 1. The summed E-state index contributed by atoms with van der Waals surface area (Å²) in [6.45, 7) is 0. The van der Waals surface area contributed by atoms with Crippen molar-refractivity contribution in [2.24, 2.45) is 0 Å². The summed E-state index contributed by atoms with van der Waals surface area (Å²) in [5, 5.41) is 0. The van der Waals surface area contributed by atoms with Crippen molar-refractivity contribution in [2.45, 2.75) is 10.6 Å². The molecule has 0 aliphatic carbocycles. The van der Waals surface area contributed by atoms with Crippen LogP contribution in [0.25, 0.3) is 0 Å². The van der Waals surface area contributed by atoms with E-state index in [9.17, 15) is 4.39 Å². The third-order valence-corrected chi connectivity index (χ3v) is 3.60. The van der Waals surface area contributed by atoms with Crippen LogP contribution in [0.1, 0.15) is 5.56 Å². The van der Waals surface area contributed by atoms with Crippen LogP contribution in [-0.2, 0) is 5.75 Å². The Morgan fingerprint density at radius 2 is 2.06 bits per heavy atom. The van der Waals surface area contributed by atoms with Crippen LogP contribution in [0.3, 0.4) is 0 Å². The summed E-state index contributed by atoms with van der Waals surface area (Å²) in [5.41, 5.74) is 7.04. The summed E-state index contributed by atoms with van der Waals surface area (Å²) < 4.78 is 18.7. The Hall–Kier alpha value is -1.68. The molecule has 2 aromatic rings. The molecular weight excluding hydrogens is 249 g/mol. The first-order valence-electron chi connectivity index (χ1n) is 5.50. The molecule has 2 rings (SSSR count). The minimum atomic E-state index is -0.275. The Kier molecular flexibility index (Phi) is 4.10. The zero-order valence-corrected chi connectivity index (χ0v) is 10.8. The fourth-order valence-electron chi connectivity index (χ4n) is 1.56. The van der Waals surface area contributed by atoms with Gasteiger partial charge in [-0.1, -0.05) is 12.1 Å². The van der Waals surface area contributed by atoms with Gasteiger partial charge in [-0.3, -0.25) is 0 Å². The van der Waals surface area contributed by atoms with E-state index in [1.165, 1.54) is 17.8 Å². The number of halogens is 1. The highest BCUT2D eigenvalue weighted by Gasteiger charge is 2.04. The molecule has 0 bridgehead atoms. The van der Waals surface area contributed by atoms with E-state index >= 15 is 0 Å². The zero-order valence-electron chi connectivity index (χ0n) is 10.0. The molecule has 0 amide bonds. The first kappa shape index (κ1) is 12.8. The predicted molar refractivity (Wildman–Crippen MR) is 73.4 cm³/mol. The lowest BCUT2D eigenvalue weighted by atomic mass is 10.2. The minimum absolute atomic E-state index is 0.275.